The van der Waals surface area contributed by atoms with Gasteiger partial charge in [0.15, 0.2) is 0 Å². The molecule has 0 spiro atoms. The predicted molar refractivity (Wildman–Crippen MR) is 67.8 cm³/mol. The van der Waals surface area contributed by atoms with Gasteiger partial charge in [-0.15, -0.1) is 11.3 Å². The van der Waals surface area contributed by atoms with E-state index in [4.69, 9.17) is 5.11 Å². The average molecular weight is 243 g/mol. The van der Waals surface area contributed by atoms with Crippen LogP contribution in [0.15, 0.2) is 11.4 Å². The Hall–Kier alpha value is -0.813. The monoisotopic (exact) mass is 243 g/mol. The molecule has 0 unspecified atom stereocenters. The van der Waals surface area contributed by atoms with Crippen LogP contribution in [0.5, 0.6) is 0 Å². The SMILES string of the molecule is C[Si](C)(C)CCc1sccc1NC(=O)O. The fourth-order valence-electron chi connectivity index (χ4n) is 1.25. The van der Waals surface area contributed by atoms with Crippen molar-refractivity contribution in [2.75, 3.05) is 5.32 Å². The molecule has 0 atom stereocenters. The van der Waals surface area contributed by atoms with Crippen LogP contribution >= 0.6 is 11.3 Å². The third kappa shape index (κ3) is 4.48. The summed E-state index contributed by atoms with van der Waals surface area (Å²) in [6, 6.07) is 3.03. The maximum absolute atomic E-state index is 10.5. The maximum atomic E-state index is 10.5. The fraction of sp³-hybridized carbons (Fsp3) is 0.500. The average Bonchev–Trinajstić information content (AvgIpc) is 2.46. The number of thiophene rings is 1. The lowest BCUT2D eigenvalue weighted by atomic mass is 10.3. The van der Waals surface area contributed by atoms with E-state index in [0.29, 0.717) is 0 Å². The van der Waals surface area contributed by atoms with Crippen LogP contribution in [-0.2, 0) is 6.42 Å². The molecule has 0 fully saturated rings. The third-order valence-electron chi connectivity index (χ3n) is 2.09. The highest BCUT2D eigenvalue weighted by atomic mass is 32.1. The quantitative estimate of drug-likeness (QED) is 0.792. The second-order valence-corrected chi connectivity index (χ2v) is 11.4. The van der Waals surface area contributed by atoms with Gasteiger partial charge in [0.05, 0.1) is 5.69 Å². The van der Waals surface area contributed by atoms with Crippen LogP contribution in [0.25, 0.3) is 0 Å². The Morgan fingerprint density at radius 1 is 1.53 bits per heavy atom. The molecule has 5 heteroatoms. The van der Waals surface area contributed by atoms with Gasteiger partial charge in [-0.2, -0.15) is 0 Å². The van der Waals surface area contributed by atoms with E-state index >= 15 is 0 Å². The topological polar surface area (TPSA) is 49.3 Å². The van der Waals surface area contributed by atoms with Gasteiger partial charge in [-0.3, -0.25) is 5.32 Å². The number of hydrogen-bond donors (Lipinski definition) is 2. The van der Waals surface area contributed by atoms with E-state index in [0.717, 1.165) is 17.0 Å². The van der Waals surface area contributed by atoms with Gasteiger partial charge in [-0.1, -0.05) is 25.7 Å². The molecule has 1 aromatic rings. The van der Waals surface area contributed by atoms with E-state index in [1.54, 1.807) is 11.3 Å². The number of aryl methyl sites for hydroxylation is 1. The molecule has 0 bridgehead atoms. The summed E-state index contributed by atoms with van der Waals surface area (Å²) in [7, 11) is -1.04. The highest BCUT2D eigenvalue weighted by molar-refractivity contribution is 7.10. The molecule has 0 aliphatic heterocycles. The Bertz CT molecular complexity index is 343. The predicted octanol–water partition coefficient (Wildman–Crippen LogP) is 3.72. The minimum atomic E-state index is -1.04. The molecule has 0 saturated carbocycles. The first-order valence-electron chi connectivity index (χ1n) is 4.95. The van der Waals surface area contributed by atoms with Crippen LogP contribution in [0.3, 0.4) is 0 Å². The van der Waals surface area contributed by atoms with Crippen LogP contribution in [0.1, 0.15) is 4.88 Å². The molecular weight excluding hydrogens is 226 g/mol. The summed E-state index contributed by atoms with van der Waals surface area (Å²) in [5.74, 6) is 0. The highest BCUT2D eigenvalue weighted by Gasteiger charge is 2.15. The molecule has 3 nitrogen and oxygen atoms in total. The van der Waals surface area contributed by atoms with Crippen molar-refractivity contribution in [1.29, 1.82) is 0 Å². The zero-order chi connectivity index (χ0) is 11.5. The van der Waals surface area contributed by atoms with E-state index < -0.39 is 14.2 Å². The fourth-order valence-corrected chi connectivity index (χ4v) is 3.26. The third-order valence-corrected chi connectivity index (χ3v) is 4.82. The van der Waals surface area contributed by atoms with Gasteiger partial charge in [0.1, 0.15) is 0 Å². The number of nitrogens with one attached hydrogen (secondary N) is 1. The number of rotatable bonds is 4. The largest absolute Gasteiger partial charge is 0.465 e. The number of carbonyl (C=O) groups is 1. The summed E-state index contributed by atoms with van der Waals surface area (Å²) in [5.41, 5.74) is 0.755. The molecule has 0 saturated heterocycles. The zero-order valence-electron chi connectivity index (χ0n) is 9.33. The van der Waals surface area contributed by atoms with Gasteiger partial charge in [0, 0.05) is 13.0 Å². The molecular formula is C10H17NO2SSi. The van der Waals surface area contributed by atoms with Crippen LogP contribution < -0.4 is 5.32 Å². The van der Waals surface area contributed by atoms with Gasteiger partial charge in [0.2, 0.25) is 0 Å². The van der Waals surface area contributed by atoms with E-state index in [1.807, 2.05) is 11.4 Å². The van der Waals surface area contributed by atoms with Gasteiger partial charge < -0.3 is 5.11 Å². The number of hydrogen-bond acceptors (Lipinski definition) is 2. The highest BCUT2D eigenvalue weighted by Crippen LogP contribution is 2.26. The normalized spacial score (nSPS) is 11.4. The van der Waals surface area contributed by atoms with Crippen LogP contribution in [0.2, 0.25) is 25.7 Å². The van der Waals surface area contributed by atoms with E-state index in [1.165, 1.54) is 6.04 Å². The summed E-state index contributed by atoms with van der Waals surface area (Å²) in [6.45, 7) is 6.97. The van der Waals surface area contributed by atoms with Crippen molar-refractivity contribution in [3.8, 4) is 0 Å². The Morgan fingerprint density at radius 3 is 2.73 bits per heavy atom. The van der Waals surface area contributed by atoms with E-state index in [2.05, 4.69) is 25.0 Å². The van der Waals surface area contributed by atoms with Crippen molar-refractivity contribution in [1.82, 2.24) is 0 Å². The lowest BCUT2D eigenvalue weighted by Gasteiger charge is -2.15. The van der Waals surface area contributed by atoms with Crippen molar-refractivity contribution >= 4 is 31.2 Å². The standard InChI is InChI=1S/C10H17NO2SSi/c1-15(2,3)7-5-9-8(4-6-14-9)11-10(12)13/h4,6,11H,5,7H2,1-3H3,(H,12,13). The first-order chi connectivity index (χ1) is 6.88. The van der Waals surface area contributed by atoms with Crippen molar-refractivity contribution in [2.24, 2.45) is 0 Å². The second kappa shape index (κ2) is 4.81. The smallest absolute Gasteiger partial charge is 0.409 e. The molecule has 1 amide bonds. The Kier molecular flexibility index (Phi) is 3.93. The van der Waals surface area contributed by atoms with Crippen molar-refractivity contribution in [3.05, 3.63) is 16.3 Å². The van der Waals surface area contributed by atoms with Crippen LogP contribution in [0.4, 0.5) is 10.5 Å². The van der Waals surface area contributed by atoms with Crippen LogP contribution in [-0.4, -0.2) is 19.3 Å². The van der Waals surface area contributed by atoms with Gasteiger partial charge in [0.25, 0.3) is 0 Å². The second-order valence-electron chi connectivity index (χ2n) is 4.75. The molecule has 0 radical (unpaired) electrons. The summed E-state index contributed by atoms with van der Waals surface area (Å²) in [4.78, 5) is 11.7. The molecule has 1 rings (SSSR count). The van der Waals surface area contributed by atoms with Crippen molar-refractivity contribution in [3.63, 3.8) is 0 Å². The van der Waals surface area contributed by atoms with E-state index in [-0.39, 0.29) is 0 Å². The van der Waals surface area contributed by atoms with Gasteiger partial charge in [-0.25, -0.2) is 4.79 Å². The number of anilines is 1. The molecule has 84 valence electrons. The zero-order valence-corrected chi connectivity index (χ0v) is 11.1. The maximum Gasteiger partial charge on any atom is 0.409 e. The minimum Gasteiger partial charge on any atom is -0.465 e. The van der Waals surface area contributed by atoms with E-state index in [9.17, 15) is 4.79 Å². The first-order valence-corrected chi connectivity index (χ1v) is 9.53. The summed E-state index contributed by atoms with van der Waals surface area (Å²) < 4.78 is 0. The van der Waals surface area contributed by atoms with Crippen molar-refractivity contribution in [2.45, 2.75) is 32.1 Å². The molecule has 15 heavy (non-hydrogen) atoms. The molecule has 0 aliphatic rings. The van der Waals surface area contributed by atoms with Crippen molar-refractivity contribution < 1.29 is 9.90 Å². The first kappa shape index (κ1) is 12.3. The number of carboxylic acid groups (broad SMARTS) is 1. The lowest BCUT2D eigenvalue weighted by Crippen LogP contribution is -2.20. The molecule has 2 N–H and O–H groups in total. The Morgan fingerprint density at radius 2 is 2.20 bits per heavy atom. The summed E-state index contributed by atoms with van der Waals surface area (Å²) in [6.07, 6.45) is 0.00544. The Balaban J connectivity index is 2.61. The van der Waals surface area contributed by atoms with Crippen LogP contribution in [0, 0.1) is 0 Å². The lowest BCUT2D eigenvalue weighted by molar-refractivity contribution is 0.209. The number of amides is 1. The molecule has 1 heterocycles. The minimum absolute atomic E-state index is 0.755. The summed E-state index contributed by atoms with van der Waals surface area (Å²) in [5, 5.41) is 13.0. The Labute approximate surface area is 95.1 Å². The molecule has 0 aromatic carbocycles. The molecule has 1 aromatic heterocycles. The summed E-state index contributed by atoms with van der Waals surface area (Å²) >= 11 is 1.63. The molecule has 0 aliphatic carbocycles. The van der Waals surface area contributed by atoms with Gasteiger partial charge >= 0.3 is 6.09 Å². The van der Waals surface area contributed by atoms with Gasteiger partial charge in [-0.05, 0) is 17.9 Å².